The van der Waals surface area contributed by atoms with Crippen molar-refractivity contribution in [3.05, 3.63) is 71.3 Å². The number of carbonyl (C=O) groups is 1. The second-order valence-corrected chi connectivity index (χ2v) is 7.25. The van der Waals surface area contributed by atoms with Gasteiger partial charge >= 0.3 is 0 Å². The van der Waals surface area contributed by atoms with Crippen LogP contribution in [0.25, 0.3) is 0 Å². The van der Waals surface area contributed by atoms with Crippen LogP contribution >= 0.6 is 0 Å². The molecule has 0 aromatic heterocycles. The molecule has 0 fully saturated rings. The molecule has 0 radical (unpaired) electrons. The van der Waals surface area contributed by atoms with E-state index >= 15 is 0 Å². The number of benzene rings is 2. The molecule has 3 nitrogen and oxygen atoms in total. The first kappa shape index (κ1) is 19.1. The predicted molar refractivity (Wildman–Crippen MR) is 94.7 cm³/mol. The van der Waals surface area contributed by atoms with Gasteiger partial charge in [0.15, 0.2) is 0 Å². The van der Waals surface area contributed by atoms with E-state index in [1.54, 1.807) is 0 Å². The molecule has 134 valence electrons. The van der Waals surface area contributed by atoms with E-state index in [0.717, 1.165) is 11.6 Å². The number of rotatable bonds is 5. The molecule has 3 N–H and O–H groups in total. The number of halogens is 2. The number of hydrogen-bond acceptors (Lipinski definition) is 2. The van der Waals surface area contributed by atoms with E-state index in [4.69, 9.17) is 5.73 Å². The normalized spacial score (nSPS) is 14.0. The lowest BCUT2D eigenvalue weighted by Crippen LogP contribution is -2.38. The van der Waals surface area contributed by atoms with Crippen molar-refractivity contribution in [3.8, 4) is 0 Å². The SMILES string of the molecule is CC(C)(C)C(NC(=O)CC(N)c1ccccc1)c1ccc(F)cc1F. The zero-order valence-corrected chi connectivity index (χ0v) is 14.7. The summed E-state index contributed by atoms with van der Waals surface area (Å²) in [6.07, 6.45) is 0.0827. The fourth-order valence-corrected chi connectivity index (χ4v) is 2.73. The Labute approximate surface area is 147 Å². The molecule has 0 aliphatic rings. The van der Waals surface area contributed by atoms with Gasteiger partial charge in [0.25, 0.3) is 0 Å². The Hall–Kier alpha value is -2.27. The largest absolute Gasteiger partial charge is 0.349 e. The average Bonchev–Trinajstić information content (AvgIpc) is 2.53. The topological polar surface area (TPSA) is 55.1 Å². The summed E-state index contributed by atoms with van der Waals surface area (Å²) in [5.41, 5.74) is 6.75. The Morgan fingerprint density at radius 2 is 1.76 bits per heavy atom. The Balaban J connectivity index is 2.16. The molecule has 2 aromatic carbocycles. The smallest absolute Gasteiger partial charge is 0.222 e. The highest BCUT2D eigenvalue weighted by atomic mass is 19.1. The Morgan fingerprint density at radius 1 is 1.12 bits per heavy atom. The third-order valence-electron chi connectivity index (χ3n) is 4.08. The van der Waals surface area contributed by atoms with E-state index in [-0.39, 0.29) is 17.9 Å². The van der Waals surface area contributed by atoms with Crippen LogP contribution in [0.1, 0.15) is 50.4 Å². The summed E-state index contributed by atoms with van der Waals surface area (Å²) in [6.45, 7) is 5.66. The number of nitrogens with one attached hydrogen (secondary N) is 1. The molecule has 2 unspecified atom stereocenters. The molecule has 1 amide bonds. The van der Waals surface area contributed by atoms with Gasteiger partial charge in [-0.05, 0) is 17.0 Å². The molecule has 0 aliphatic heterocycles. The third-order valence-corrected chi connectivity index (χ3v) is 4.08. The van der Waals surface area contributed by atoms with Crippen molar-refractivity contribution in [1.82, 2.24) is 5.32 Å². The zero-order chi connectivity index (χ0) is 18.6. The molecule has 5 heteroatoms. The summed E-state index contributed by atoms with van der Waals surface area (Å²) in [6, 6.07) is 11.7. The van der Waals surface area contributed by atoms with Crippen molar-refractivity contribution < 1.29 is 13.6 Å². The van der Waals surface area contributed by atoms with Gasteiger partial charge in [-0.1, -0.05) is 57.2 Å². The van der Waals surface area contributed by atoms with Gasteiger partial charge in [0, 0.05) is 24.1 Å². The van der Waals surface area contributed by atoms with Crippen LogP contribution in [0.5, 0.6) is 0 Å². The van der Waals surface area contributed by atoms with Crippen LogP contribution in [0.4, 0.5) is 8.78 Å². The molecular formula is C20H24F2N2O. The first-order valence-corrected chi connectivity index (χ1v) is 8.23. The maximum Gasteiger partial charge on any atom is 0.222 e. The number of amides is 1. The molecule has 0 aliphatic carbocycles. The second-order valence-electron chi connectivity index (χ2n) is 7.25. The van der Waals surface area contributed by atoms with Crippen molar-refractivity contribution in [2.75, 3.05) is 0 Å². The lowest BCUT2D eigenvalue weighted by Gasteiger charge is -2.32. The van der Waals surface area contributed by atoms with E-state index in [9.17, 15) is 13.6 Å². The first-order valence-electron chi connectivity index (χ1n) is 8.23. The van der Waals surface area contributed by atoms with Gasteiger partial charge in [-0.2, -0.15) is 0 Å². The van der Waals surface area contributed by atoms with Gasteiger partial charge in [0.2, 0.25) is 5.91 Å². The summed E-state index contributed by atoms with van der Waals surface area (Å²) in [5, 5.41) is 2.85. The fourth-order valence-electron chi connectivity index (χ4n) is 2.73. The van der Waals surface area contributed by atoms with Crippen LogP contribution in [0, 0.1) is 17.0 Å². The molecule has 0 bridgehead atoms. The average molecular weight is 346 g/mol. The van der Waals surface area contributed by atoms with Crippen LogP contribution in [-0.4, -0.2) is 5.91 Å². The standard InChI is InChI=1S/C20H24F2N2O/c1-20(2,3)19(15-10-9-14(21)11-16(15)22)24-18(25)12-17(23)13-7-5-4-6-8-13/h4-11,17,19H,12,23H2,1-3H3,(H,24,25). The van der Waals surface area contributed by atoms with Gasteiger partial charge in [-0.15, -0.1) is 0 Å². The first-order chi connectivity index (χ1) is 11.7. The molecule has 0 spiro atoms. The van der Waals surface area contributed by atoms with Crippen LogP contribution < -0.4 is 11.1 Å². The van der Waals surface area contributed by atoms with Gasteiger partial charge in [0.1, 0.15) is 11.6 Å². The minimum absolute atomic E-state index is 0.0827. The fraction of sp³-hybridized carbons (Fsp3) is 0.350. The minimum atomic E-state index is -0.674. The molecule has 25 heavy (non-hydrogen) atoms. The summed E-state index contributed by atoms with van der Waals surface area (Å²) < 4.78 is 27.4. The van der Waals surface area contributed by atoms with Gasteiger partial charge < -0.3 is 11.1 Å². The third kappa shape index (κ3) is 5.10. The highest BCUT2D eigenvalue weighted by molar-refractivity contribution is 5.77. The predicted octanol–water partition coefficient (Wildman–Crippen LogP) is 4.26. The van der Waals surface area contributed by atoms with Crippen LogP contribution in [-0.2, 0) is 4.79 Å². The molecule has 2 atom stereocenters. The molecule has 2 rings (SSSR count). The van der Waals surface area contributed by atoms with Gasteiger partial charge in [-0.3, -0.25) is 4.79 Å². The lowest BCUT2D eigenvalue weighted by atomic mass is 9.82. The number of hydrogen-bond donors (Lipinski definition) is 2. The zero-order valence-electron chi connectivity index (χ0n) is 14.7. The van der Waals surface area contributed by atoms with Crippen molar-refractivity contribution in [3.63, 3.8) is 0 Å². The number of nitrogens with two attached hydrogens (primary N) is 1. The Bertz CT molecular complexity index is 726. The van der Waals surface area contributed by atoms with Crippen LogP contribution in [0.3, 0.4) is 0 Å². The summed E-state index contributed by atoms with van der Waals surface area (Å²) in [4.78, 5) is 12.4. The Morgan fingerprint density at radius 3 is 2.32 bits per heavy atom. The maximum atomic E-state index is 14.2. The number of carbonyl (C=O) groups excluding carboxylic acids is 1. The molecular weight excluding hydrogens is 322 g/mol. The summed E-state index contributed by atoms with van der Waals surface area (Å²) >= 11 is 0. The van der Waals surface area contributed by atoms with Crippen molar-refractivity contribution in [2.45, 2.75) is 39.3 Å². The van der Waals surface area contributed by atoms with Crippen molar-refractivity contribution in [2.24, 2.45) is 11.1 Å². The second kappa shape index (κ2) is 7.74. The monoisotopic (exact) mass is 346 g/mol. The van der Waals surface area contributed by atoms with Crippen LogP contribution in [0.15, 0.2) is 48.5 Å². The van der Waals surface area contributed by atoms with Crippen molar-refractivity contribution >= 4 is 5.91 Å². The highest BCUT2D eigenvalue weighted by Crippen LogP contribution is 2.34. The molecule has 0 saturated heterocycles. The van der Waals surface area contributed by atoms with E-state index in [1.807, 2.05) is 51.1 Å². The van der Waals surface area contributed by atoms with E-state index < -0.39 is 29.1 Å². The van der Waals surface area contributed by atoms with E-state index in [2.05, 4.69) is 5.32 Å². The summed E-state index contributed by atoms with van der Waals surface area (Å²) in [5.74, 6) is -1.60. The van der Waals surface area contributed by atoms with Crippen molar-refractivity contribution in [1.29, 1.82) is 0 Å². The lowest BCUT2D eigenvalue weighted by molar-refractivity contribution is -0.123. The van der Waals surface area contributed by atoms with E-state index in [1.165, 1.54) is 12.1 Å². The molecule has 0 heterocycles. The summed E-state index contributed by atoms with van der Waals surface area (Å²) in [7, 11) is 0. The van der Waals surface area contributed by atoms with Gasteiger partial charge in [-0.25, -0.2) is 8.78 Å². The quantitative estimate of drug-likeness (QED) is 0.850. The van der Waals surface area contributed by atoms with E-state index in [0.29, 0.717) is 0 Å². The van der Waals surface area contributed by atoms with Gasteiger partial charge in [0.05, 0.1) is 6.04 Å². The Kier molecular flexibility index (Phi) is 5.90. The highest BCUT2D eigenvalue weighted by Gasteiger charge is 2.30. The molecule has 2 aromatic rings. The van der Waals surface area contributed by atoms with Crippen LogP contribution in [0.2, 0.25) is 0 Å². The minimum Gasteiger partial charge on any atom is -0.349 e. The maximum absolute atomic E-state index is 14.2. The molecule has 0 saturated carbocycles.